The summed E-state index contributed by atoms with van der Waals surface area (Å²) in [5, 5.41) is 12.2. The van der Waals surface area contributed by atoms with Crippen molar-refractivity contribution in [1.82, 2.24) is 20.3 Å². The Morgan fingerprint density at radius 3 is 2.27 bits per heavy atom. The summed E-state index contributed by atoms with van der Waals surface area (Å²) in [6.07, 6.45) is 4.17. The molecule has 0 saturated heterocycles. The van der Waals surface area contributed by atoms with Crippen LogP contribution in [-0.2, 0) is 33.8 Å². The summed E-state index contributed by atoms with van der Waals surface area (Å²) in [6, 6.07) is 24.0. The Hall–Kier alpha value is -5.45. The summed E-state index contributed by atoms with van der Waals surface area (Å²) in [7, 11) is 0. The van der Waals surface area contributed by atoms with Crippen LogP contribution in [0.5, 0.6) is 5.75 Å². The molecule has 4 rings (SSSR count). The van der Waals surface area contributed by atoms with Gasteiger partial charge in [-0.05, 0) is 48.2 Å². The van der Waals surface area contributed by atoms with Gasteiger partial charge in [-0.2, -0.15) is 5.48 Å². The van der Waals surface area contributed by atoms with E-state index in [-0.39, 0.29) is 12.0 Å². The Bertz CT molecular complexity index is 1570. The second-order valence-corrected chi connectivity index (χ2v) is 10.4. The molecular weight excluding hydrogens is 576 g/mol. The fourth-order valence-electron chi connectivity index (χ4n) is 4.64. The predicted octanol–water partition coefficient (Wildman–Crippen LogP) is 4.36. The highest BCUT2D eigenvalue weighted by Crippen LogP contribution is 2.15. The predicted molar refractivity (Wildman–Crippen MR) is 166 cm³/mol. The number of carboxylic acid groups (broad SMARTS) is 1. The van der Waals surface area contributed by atoms with Crippen molar-refractivity contribution in [1.29, 1.82) is 0 Å². The lowest BCUT2D eigenvalue weighted by molar-refractivity contribution is -0.160. The van der Waals surface area contributed by atoms with E-state index >= 15 is 0 Å². The number of carbonyl (C=O) groups excluding carboxylic acids is 3. The fourth-order valence-corrected chi connectivity index (χ4v) is 4.64. The molecule has 3 aromatic carbocycles. The highest BCUT2D eigenvalue weighted by atomic mass is 16.7. The van der Waals surface area contributed by atoms with E-state index in [2.05, 4.69) is 22.7 Å². The smallest absolute Gasteiger partial charge is 0.369 e. The molecule has 0 aliphatic rings. The van der Waals surface area contributed by atoms with Crippen LogP contribution in [0.2, 0.25) is 0 Å². The van der Waals surface area contributed by atoms with E-state index in [4.69, 9.17) is 9.57 Å². The van der Waals surface area contributed by atoms with Gasteiger partial charge in [-0.3, -0.25) is 9.59 Å². The third kappa shape index (κ3) is 10.1. The molecule has 0 radical (unpaired) electrons. The lowest BCUT2D eigenvalue weighted by Crippen LogP contribution is -2.42. The van der Waals surface area contributed by atoms with Crippen LogP contribution >= 0.6 is 0 Å². The minimum absolute atomic E-state index is 0.166. The molecule has 11 nitrogen and oxygen atoms in total. The number of hydrogen-bond donors (Lipinski definition) is 3. The molecule has 1 atom stereocenters. The van der Waals surface area contributed by atoms with Gasteiger partial charge in [0.25, 0.3) is 11.8 Å². The number of carboxylic acids is 1. The number of ether oxygens (including phenoxy) is 1. The first-order valence-corrected chi connectivity index (χ1v) is 14.7. The van der Waals surface area contributed by atoms with Gasteiger partial charge >= 0.3 is 11.9 Å². The number of aryl methyl sites for hydroxylation is 1. The Morgan fingerprint density at radius 1 is 0.911 bits per heavy atom. The minimum Gasteiger partial charge on any atom is -0.482 e. The fraction of sp³-hybridized carbons (Fsp3) is 0.265. The molecule has 0 aliphatic carbocycles. The summed E-state index contributed by atoms with van der Waals surface area (Å²) in [5.41, 5.74) is 4.35. The minimum atomic E-state index is -1.02. The normalized spacial score (nSPS) is 11.3. The lowest BCUT2D eigenvalue weighted by atomic mass is 10.0. The molecule has 1 unspecified atom stereocenters. The Balaban J connectivity index is 1.45. The number of hydroxylamine groups is 1. The van der Waals surface area contributed by atoms with E-state index in [0.29, 0.717) is 30.8 Å². The maximum Gasteiger partial charge on any atom is 0.369 e. The van der Waals surface area contributed by atoms with Crippen LogP contribution in [-0.4, -0.2) is 51.1 Å². The van der Waals surface area contributed by atoms with Gasteiger partial charge in [0.15, 0.2) is 6.61 Å². The molecular formula is C34H36N4O7. The van der Waals surface area contributed by atoms with Crippen molar-refractivity contribution in [3.05, 3.63) is 119 Å². The third-order valence-electron chi connectivity index (χ3n) is 6.94. The van der Waals surface area contributed by atoms with Crippen LogP contribution in [0.25, 0.3) is 0 Å². The van der Waals surface area contributed by atoms with Crippen LogP contribution in [0.1, 0.15) is 64.0 Å². The molecule has 3 N–H and O–H groups in total. The topological polar surface area (TPSA) is 149 Å². The zero-order valence-electron chi connectivity index (χ0n) is 25.0. The molecule has 2 amide bonds. The summed E-state index contributed by atoms with van der Waals surface area (Å²) in [6.45, 7) is 1.99. The molecule has 0 fully saturated rings. The van der Waals surface area contributed by atoms with Crippen LogP contribution < -0.4 is 15.5 Å². The highest BCUT2D eigenvalue weighted by molar-refractivity contribution is 5.93. The summed E-state index contributed by atoms with van der Waals surface area (Å²) < 4.78 is 7.16. The monoisotopic (exact) mass is 612 g/mol. The Morgan fingerprint density at radius 2 is 1.60 bits per heavy atom. The maximum atomic E-state index is 13.7. The second-order valence-electron chi connectivity index (χ2n) is 10.4. The van der Waals surface area contributed by atoms with E-state index in [0.717, 1.165) is 29.8 Å². The Labute approximate surface area is 261 Å². The number of benzene rings is 3. The standard InChI is InChI=1S/C34H36N4O7/c1-2-3-14-30-35-21-29(38(30)22-25-15-17-26(18-16-25)34(42)43)33(41)36-27(19-24-10-6-4-7-11-24)20-31(39)37-45-32(40)23-44-28-12-8-5-9-13-28/h4-13,15-18,21,27H,2-3,14,19-20,22-23H2,1H3,(H,36,41)(H,37,39)(H,42,43). The van der Waals surface area contributed by atoms with Crippen molar-refractivity contribution in [2.75, 3.05) is 6.61 Å². The van der Waals surface area contributed by atoms with Crippen molar-refractivity contribution in [3.8, 4) is 5.75 Å². The van der Waals surface area contributed by atoms with Crippen LogP contribution in [0.3, 0.4) is 0 Å². The first-order valence-electron chi connectivity index (χ1n) is 14.7. The largest absolute Gasteiger partial charge is 0.482 e. The number of nitrogens with zero attached hydrogens (tertiary/aromatic N) is 2. The van der Waals surface area contributed by atoms with Gasteiger partial charge in [0.1, 0.15) is 17.3 Å². The van der Waals surface area contributed by atoms with E-state index in [1.807, 2.05) is 41.0 Å². The van der Waals surface area contributed by atoms with Crippen LogP contribution in [0.4, 0.5) is 0 Å². The quantitative estimate of drug-likeness (QED) is 0.168. The number of amides is 2. The Kier molecular flexibility index (Phi) is 11.8. The van der Waals surface area contributed by atoms with Gasteiger partial charge in [-0.1, -0.05) is 74.0 Å². The summed E-state index contributed by atoms with van der Waals surface area (Å²) >= 11 is 0. The maximum absolute atomic E-state index is 13.7. The first kappa shape index (κ1) is 32.5. The second kappa shape index (κ2) is 16.4. The van der Waals surface area contributed by atoms with Crippen molar-refractivity contribution in [3.63, 3.8) is 0 Å². The third-order valence-corrected chi connectivity index (χ3v) is 6.94. The molecule has 0 bridgehead atoms. The number of aromatic nitrogens is 2. The molecule has 1 aromatic heterocycles. The van der Waals surface area contributed by atoms with Gasteiger partial charge < -0.3 is 24.6 Å². The van der Waals surface area contributed by atoms with Crippen molar-refractivity contribution >= 4 is 23.8 Å². The number of nitrogens with one attached hydrogen (secondary N) is 2. The van der Waals surface area contributed by atoms with Crippen molar-refractivity contribution < 1.29 is 33.9 Å². The number of unbranched alkanes of at least 4 members (excludes halogenated alkanes) is 1. The molecule has 0 aliphatic heterocycles. The first-order chi connectivity index (χ1) is 21.8. The van der Waals surface area contributed by atoms with Gasteiger partial charge in [0, 0.05) is 19.0 Å². The number of hydrogen-bond acceptors (Lipinski definition) is 7. The summed E-state index contributed by atoms with van der Waals surface area (Å²) in [5.74, 6) is -1.60. The van der Waals surface area contributed by atoms with E-state index < -0.39 is 36.4 Å². The zero-order valence-corrected chi connectivity index (χ0v) is 25.0. The molecule has 45 heavy (non-hydrogen) atoms. The van der Waals surface area contributed by atoms with Gasteiger partial charge in [0.05, 0.1) is 18.2 Å². The summed E-state index contributed by atoms with van der Waals surface area (Å²) in [4.78, 5) is 59.3. The van der Waals surface area contributed by atoms with Crippen LogP contribution in [0, 0.1) is 0 Å². The lowest BCUT2D eigenvalue weighted by Gasteiger charge is -2.20. The van der Waals surface area contributed by atoms with Crippen molar-refractivity contribution in [2.24, 2.45) is 0 Å². The number of carbonyl (C=O) groups is 4. The molecule has 11 heteroatoms. The number of para-hydroxylation sites is 1. The molecule has 0 saturated carbocycles. The van der Waals surface area contributed by atoms with Gasteiger partial charge in [-0.15, -0.1) is 0 Å². The molecule has 0 spiro atoms. The van der Waals surface area contributed by atoms with Gasteiger partial charge in [0.2, 0.25) is 0 Å². The van der Waals surface area contributed by atoms with E-state index in [1.54, 1.807) is 36.4 Å². The molecule has 1 heterocycles. The SMILES string of the molecule is CCCCc1ncc(C(=O)NC(CC(=O)NOC(=O)COc2ccccc2)Cc2ccccc2)n1Cc1ccc(C(=O)O)cc1. The number of imidazole rings is 1. The van der Waals surface area contributed by atoms with E-state index in [1.165, 1.54) is 18.3 Å². The van der Waals surface area contributed by atoms with Crippen molar-refractivity contribution in [2.45, 2.75) is 51.6 Å². The average molecular weight is 613 g/mol. The van der Waals surface area contributed by atoms with Crippen LogP contribution in [0.15, 0.2) is 91.1 Å². The number of aromatic carboxylic acids is 1. The van der Waals surface area contributed by atoms with Gasteiger partial charge in [-0.25, -0.2) is 14.6 Å². The highest BCUT2D eigenvalue weighted by Gasteiger charge is 2.23. The molecule has 234 valence electrons. The van der Waals surface area contributed by atoms with E-state index in [9.17, 15) is 24.3 Å². The molecule has 4 aromatic rings. The average Bonchev–Trinajstić information content (AvgIpc) is 3.45. The zero-order chi connectivity index (χ0) is 32.0. The number of rotatable bonds is 15.